The summed E-state index contributed by atoms with van der Waals surface area (Å²) in [6.45, 7) is 5.68. The molecule has 18 heavy (non-hydrogen) atoms. The summed E-state index contributed by atoms with van der Waals surface area (Å²) in [7, 11) is 0. The van der Waals surface area contributed by atoms with Crippen molar-refractivity contribution in [2.75, 3.05) is 44.7 Å². The summed E-state index contributed by atoms with van der Waals surface area (Å²) in [6, 6.07) is 3.43. The largest absolute Gasteiger partial charge is 0.379 e. The van der Waals surface area contributed by atoms with E-state index in [0.29, 0.717) is 5.69 Å². The summed E-state index contributed by atoms with van der Waals surface area (Å²) in [5.41, 5.74) is 0.355. The van der Waals surface area contributed by atoms with Gasteiger partial charge in [-0.25, -0.2) is 4.98 Å². The fourth-order valence-corrected chi connectivity index (χ4v) is 1.89. The summed E-state index contributed by atoms with van der Waals surface area (Å²) in [4.78, 5) is 16.7. The predicted molar refractivity (Wildman–Crippen MR) is 70.1 cm³/mol. The summed E-state index contributed by atoms with van der Waals surface area (Å²) in [6.07, 6.45) is 2.53. The first-order chi connectivity index (χ1) is 8.88. The molecule has 1 N–H and O–H groups in total. The monoisotopic (exact) mass is 250 g/mol. The van der Waals surface area contributed by atoms with Gasteiger partial charge in [-0.3, -0.25) is 4.90 Å². The van der Waals surface area contributed by atoms with Crippen molar-refractivity contribution < 1.29 is 4.74 Å². The molecule has 6 heteroatoms. The third-order valence-corrected chi connectivity index (χ3v) is 2.91. The van der Waals surface area contributed by atoms with Crippen LogP contribution in [0, 0.1) is 4.91 Å². The van der Waals surface area contributed by atoms with Crippen molar-refractivity contribution in [2.45, 2.75) is 6.42 Å². The standard InChI is InChI=1S/C12H18N4O2/c17-15-11-2-3-12(14-10-11)13-4-1-5-16-6-8-18-9-7-16/h2-3,10H,1,4-9H2,(H,13,14). The average Bonchev–Trinajstić information content (AvgIpc) is 2.45. The SMILES string of the molecule is O=Nc1ccc(NCCCN2CCOCC2)nc1. The molecule has 0 unspecified atom stereocenters. The van der Waals surface area contributed by atoms with Crippen molar-refractivity contribution in [3.8, 4) is 0 Å². The van der Waals surface area contributed by atoms with E-state index in [9.17, 15) is 4.91 Å². The number of pyridine rings is 1. The van der Waals surface area contributed by atoms with Crippen molar-refractivity contribution >= 4 is 11.5 Å². The molecule has 98 valence electrons. The zero-order valence-corrected chi connectivity index (χ0v) is 10.3. The Bertz CT molecular complexity index is 363. The van der Waals surface area contributed by atoms with Crippen LogP contribution in [0.3, 0.4) is 0 Å². The van der Waals surface area contributed by atoms with E-state index >= 15 is 0 Å². The van der Waals surface area contributed by atoms with Gasteiger partial charge in [-0.15, -0.1) is 4.91 Å². The smallest absolute Gasteiger partial charge is 0.126 e. The zero-order chi connectivity index (χ0) is 12.6. The molecule has 1 aromatic rings. The Morgan fingerprint density at radius 2 is 2.22 bits per heavy atom. The van der Waals surface area contributed by atoms with Gasteiger partial charge in [0.15, 0.2) is 0 Å². The molecule has 0 spiro atoms. The summed E-state index contributed by atoms with van der Waals surface area (Å²) < 4.78 is 5.30. The van der Waals surface area contributed by atoms with Gasteiger partial charge in [0.25, 0.3) is 0 Å². The normalized spacial score (nSPS) is 16.4. The quantitative estimate of drug-likeness (QED) is 0.613. The van der Waals surface area contributed by atoms with Crippen molar-refractivity contribution in [1.29, 1.82) is 0 Å². The zero-order valence-electron chi connectivity index (χ0n) is 10.3. The van der Waals surface area contributed by atoms with Crippen LogP contribution in [0.4, 0.5) is 11.5 Å². The molecule has 1 aliphatic heterocycles. The van der Waals surface area contributed by atoms with Crippen molar-refractivity contribution in [3.05, 3.63) is 23.2 Å². The van der Waals surface area contributed by atoms with Gasteiger partial charge in [-0.05, 0) is 30.3 Å². The predicted octanol–water partition coefficient (Wildman–Crippen LogP) is 1.61. The Hall–Kier alpha value is -1.53. The number of hydrogen-bond acceptors (Lipinski definition) is 6. The first-order valence-electron chi connectivity index (χ1n) is 6.22. The number of nitroso groups, excluding NO2 is 1. The van der Waals surface area contributed by atoms with Gasteiger partial charge in [0.1, 0.15) is 11.5 Å². The molecular weight excluding hydrogens is 232 g/mol. The number of anilines is 1. The maximum absolute atomic E-state index is 10.2. The third kappa shape index (κ3) is 4.05. The molecule has 0 saturated carbocycles. The fraction of sp³-hybridized carbons (Fsp3) is 0.583. The minimum absolute atomic E-state index is 0.355. The molecule has 0 radical (unpaired) electrons. The Kier molecular flexibility index (Phi) is 5.04. The number of rotatable bonds is 6. The highest BCUT2D eigenvalue weighted by Gasteiger charge is 2.08. The fourth-order valence-electron chi connectivity index (χ4n) is 1.89. The third-order valence-electron chi connectivity index (χ3n) is 2.91. The topological polar surface area (TPSA) is 66.8 Å². The van der Waals surface area contributed by atoms with Gasteiger partial charge in [0.2, 0.25) is 0 Å². The minimum Gasteiger partial charge on any atom is -0.379 e. The van der Waals surface area contributed by atoms with E-state index < -0.39 is 0 Å². The van der Waals surface area contributed by atoms with E-state index in [0.717, 1.165) is 51.6 Å². The second-order valence-corrected chi connectivity index (χ2v) is 4.23. The first kappa shape index (κ1) is 12.9. The molecule has 1 aliphatic rings. The molecule has 1 saturated heterocycles. The lowest BCUT2D eigenvalue weighted by molar-refractivity contribution is 0.0378. The van der Waals surface area contributed by atoms with Gasteiger partial charge >= 0.3 is 0 Å². The van der Waals surface area contributed by atoms with Gasteiger partial charge < -0.3 is 10.1 Å². The number of ether oxygens (including phenoxy) is 1. The average molecular weight is 250 g/mol. The van der Waals surface area contributed by atoms with Crippen molar-refractivity contribution in [1.82, 2.24) is 9.88 Å². The number of nitrogens with zero attached hydrogens (tertiary/aromatic N) is 3. The van der Waals surface area contributed by atoms with E-state index in [1.165, 1.54) is 6.20 Å². The first-order valence-corrected chi connectivity index (χ1v) is 6.22. The van der Waals surface area contributed by atoms with E-state index in [-0.39, 0.29) is 0 Å². The van der Waals surface area contributed by atoms with Crippen LogP contribution >= 0.6 is 0 Å². The summed E-state index contributed by atoms with van der Waals surface area (Å²) in [5, 5.41) is 6.03. The van der Waals surface area contributed by atoms with Gasteiger partial charge in [0.05, 0.1) is 19.4 Å². The van der Waals surface area contributed by atoms with Crippen LogP contribution in [0.1, 0.15) is 6.42 Å². The van der Waals surface area contributed by atoms with Crippen LogP contribution in [0.5, 0.6) is 0 Å². The Balaban J connectivity index is 1.63. The summed E-state index contributed by atoms with van der Waals surface area (Å²) in [5.74, 6) is 0.782. The van der Waals surface area contributed by atoms with Crippen molar-refractivity contribution in [2.24, 2.45) is 5.18 Å². The van der Waals surface area contributed by atoms with E-state index in [2.05, 4.69) is 20.4 Å². The molecule has 0 bridgehead atoms. The molecule has 0 atom stereocenters. The number of nitrogens with one attached hydrogen (secondary N) is 1. The van der Waals surface area contributed by atoms with Crippen LogP contribution in [0.25, 0.3) is 0 Å². The lowest BCUT2D eigenvalue weighted by Gasteiger charge is -2.26. The molecule has 1 aromatic heterocycles. The molecule has 0 amide bonds. The molecule has 2 heterocycles. The van der Waals surface area contributed by atoms with Gasteiger partial charge in [-0.2, -0.15) is 0 Å². The van der Waals surface area contributed by atoms with Crippen LogP contribution in [-0.4, -0.2) is 49.3 Å². The van der Waals surface area contributed by atoms with E-state index in [1.807, 2.05) is 0 Å². The van der Waals surface area contributed by atoms with Gasteiger partial charge in [0, 0.05) is 19.6 Å². The number of aromatic nitrogens is 1. The van der Waals surface area contributed by atoms with E-state index in [1.54, 1.807) is 12.1 Å². The van der Waals surface area contributed by atoms with Crippen LogP contribution in [0.2, 0.25) is 0 Å². The van der Waals surface area contributed by atoms with Crippen LogP contribution in [-0.2, 0) is 4.74 Å². The van der Waals surface area contributed by atoms with Crippen molar-refractivity contribution in [3.63, 3.8) is 0 Å². The number of morpholine rings is 1. The number of hydrogen-bond donors (Lipinski definition) is 1. The maximum Gasteiger partial charge on any atom is 0.126 e. The molecule has 2 rings (SSSR count). The van der Waals surface area contributed by atoms with Gasteiger partial charge in [-0.1, -0.05) is 0 Å². The minimum atomic E-state index is 0.355. The highest BCUT2D eigenvalue weighted by molar-refractivity contribution is 5.42. The Labute approximate surface area is 106 Å². The molecule has 1 fully saturated rings. The second kappa shape index (κ2) is 7.03. The van der Waals surface area contributed by atoms with Crippen LogP contribution < -0.4 is 5.32 Å². The Morgan fingerprint density at radius 1 is 1.39 bits per heavy atom. The maximum atomic E-state index is 10.2. The lowest BCUT2D eigenvalue weighted by Crippen LogP contribution is -2.37. The molecule has 0 aromatic carbocycles. The molecule has 0 aliphatic carbocycles. The lowest BCUT2D eigenvalue weighted by atomic mass is 10.3. The van der Waals surface area contributed by atoms with Crippen LogP contribution in [0.15, 0.2) is 23.5 Å². The second-order valence-electron chi connectivity index (χ2n) is 4.23. The molecule has 6 nitrogen and oxygen atoms in total. The highest BCUT2D eigenvalue weighted by atomic mass is 16.5. The van der Waals surface area contributed by atoms with E-state index in [4.69, 9.17) is 4.74 Å². The Morgan fingerprint density at radius 3 is 2.89 bits per heavy atom. The molecular formula is C12H18N4O2. The summed E-state index contributed by atoms with van der Waals surface area (Å²) >= 11 is 0. The highest BCUT2D eigenvalue weighted by Crippen LogP contribution is 2.11.